The maximum Gasteiger partial charge on any atom is 0.330 e. The van der Waals surface area contributed by atoms with Crippen molar-refractivity contribution in [2.24, 2.45) is 0 Å². The van der Waals surface area contributed by atoms with Gasteiger partial charge in [0.2, 0.25) is 0 Å². The molecule has 6 heteroatoms. The summed E-state index contributed by atoms with van der Waals surface area (Å²) in [7, 11) is 1.61. The van der Waals surface area contributed by atoms with Gasteiger partial charge in [-0.05, 0) is 26.0 Å². The van der Waals surface area contributed by atoms with Gasteiger partial charge in [0.1, 0.15) is 12.4 Å². The van der Waals surface area contributed by atoms with Crippen LogP contribution < -0.4 is 10.4 Å². The number of rotatable bonds is 7. The van der Waals surface area contributed by atoms with Crippen LogP contribution >= 0.6 is 0 Å². The molecule has 0 saturated carbocycles. The van der Waals surface area contributed by atoms with Crippen molar-refractivity contribution in [2.45, 2.75) is 26.4 Å². The van der Waals surface area contributed by atoms with Crippen LogP contribution in [0.4, 0.5) is 0 Å². The van der Waals surface area contributed by atoms with Crippen LogP contribution in [0.2, 0.25) is 0 Å². The number of ether oxygens (including phenoxy) is 2. The highest BCUT2D eigenvalue weighted by Gasteiger charge is 2.17. The molecule has 2 aromatic rings. The lowest BCUT2D eigenvalue weighted by atomic mass is 10.1. The Bertz CT molecular complexity index is 673. The fraction of sp³-hybridized carbons (Fsp3) is 0.438. The zero-order chi connectivity index (χ0) is 16.1. The molecule has 0 spiro atoms. The molecule has 2 N–H and O–H groups in total. The number of H-pyrrole nitrogens is 1. The summed E-state index contributed by atoms with van der Waals surface area (Å²) < 4.78 is 12.2. The van der Waals surface area contributed by atoms with E-state index in [1.807, 2.05) is 31.2 Å². The van der Waals surface area contributed by atoms with Crippen LogP contribution in [0.5, 0.6) is 5.75 Å². The van der Waals surface area contributed by atoms with E-state index in [-0.39, 0.29) is 5.69 Å². The molecule has 0 aliphatic carbocycles. The number of hydrogen-bond acceptors (Lipinski definition) is 4. The maximum absolute atomic E-state index is 12.3. The van der Waals surface area contributed by atoms with E-state index in [1.54, 1.807) is 18.6 Å². The Morgan fingerprint density at radius 1 is 1.32 bits per heavy atom. The Balaban J connectivity index is 2.45. The first-order valence-corrected chi connectivity index (χ1v) is 7.24. The Kier molecular flexibility index (Phi) is 5.41. The van der Waals surface area contributed by atoms with Crippen LogP contribution in [0.3, 0.4) is 0 Å². The van der Waals surface area contributed by atoms with Crippen LogP contribution in [0.1, 0.15) is 18.3 Å². The molecule has 0 bridgehead atoms. The molecule has 120 valence electrons. The fourth-order valence-corrected chi connectivity index (χ4v) is 2.36. The summed E-state index contributed by atoms with van der Waals surface area (Å²) in [5, 5.41) is 9.68. The third kappa shape index (κ3) is 3.58. The number of aliphatic hydroxyl groups excluding tert-OH is 1. The number of methoxy groups -OCH3 is 1. The summed E-state index contributed by atoms with van der Waals surface area (Å²) in [6.45, 7) is 4.39. The van der Waals surface area contributed by atoms with Crippen molar-refractivity contribution in [3.05, 3.63) is 46.1 Å². The Hall–Kier alpha value is -2.05. The van der Waals surface area contributed by atoms with E-state index in [0.29, 0.717) is 31.1 Å². The molecular formula is C16H22N2O4. The van der Waals surface area contributed by atoms with Crippen molar-refractivity contribution < 1.29 is 14.6 Å². The first-order chi connectivity index (χ1) is 10.5. The van der Waals surface area contributed by atoms with Gasteiger partial charge in [0.25, 0.3) is 0 Å². The lowest BCUT2D eigenvalue weighted by Gasteiger charge is -2.14. The van der Waals surface area contributed by atoms with Gasteiger partial charge in [-0.15, -0.1) is 0 Å². The molecule has 0 saturated heterocycles. The highest BCUT2D eigenvalue weighted by Crippen LogP contribution is 2.24. The molecule has 0 fully saturated rings. The summed E-state index contributed by atoms with van der Waals surface area (Å²) >= 11 is 0. The zero-order valence-electron chi connectivity index (χ0n) is 13.1. The van der Waals surface area contributed by atoms with Gasteiger partial charge in [0.15, 0.2) is 0 Å². The molecular weight excluding hydrogens is 284 g/mol. The van der Waals surface area contributed by atoms with E-state index in [0.717, 1.165) is 11.4 Å². The minimum atomic E-state index is -0.540. The largest absolute Gasteiger partial charge is 0.489 e. The van der Waals surface area contributed by atoms with Gasteiger partial charge in [0.05, 0.1) is 18.4 Å². The molecule has 6 nitrogen and oxygen atoms in total. The third-order valence-corrected chi connectivity index (χ3v) is 3.34. The predicted molar refractivity (Wildman–Crippen MR) is 83.9 cm³/mol. The van der Waals surface area contributed by atoms with Gasteiger partial charge < -0.3 is 19.6 Å². The highest BCUT2D eigenvalue weighted by atomic mass is 16.5. The zero-order valence-corrected chi connectivity index (χ0v) is 13.1. The summed E-state index contributed by atoms with van der Waals surface area (Å²) in [6.07, 6.45) is -0.154. The number of aromatic nitrogens is 2. The minimum absolute atomic E-state index is 0.240. The Morgan fingerprint density at radius 2 is 2.05 bits per heavy atom. The lowest BCUT2D eigenvalue weighted by Crippen LogP contribution is -2.20. The molecule has 0 aliphatic rings. The van der Waals surface area contributed by atoms with Crippen LogP contribution in [0, 0.1) is 6.92 Å². The molecule has 0 amide bonds. The normalized spacial score (nSPS) is 12.4. The summed E-state index contributed by atoms with van der Waals surface area (Å²) in [5.41, 5.74) is 1.92. The van der Waals surface area contributed by atoms with Crippen molar-refractivity contribution in [1.82, 2.24) is 9.55 Å². The molecule has 0 aliphatic heterocycles. The number of aryl methyl sites for hydroxylation is 1. The number of imidazole rings is 1. The van der Waals surface area contributed by atoms with E-state index in [2.05, 4.69) is 4.98 Å². The smallest absolute Gasteiger partial charge is 0.330 e. The standard InChI is InChI=1S/C16H22N2O4/c1-11(19)10-14-12(2)17-16(20)18(14)13-6-4-5-7-15(13)22-9-8-21-3/h4-7,11,19H,8-10H2,1-3H3,(H,17,20)/t11-/m0/s1. The Morgan fingerprint density at radius 3 is 2.73 bits per heavy atom. The summed E-state index contributed by atoms with van der Waals surface area (Å²) in [6, 6.07) is 7.33. The van der Waals surface area contributed by atoms with Crippen molar-refractivity contribution in [2.75, 3.05) is 20.3 Å². The number of aliphatic hydroxyl groups is 1. The fourth-order valence-electron chi connectivity index (χ4n) is 2.36. The maximum atomic E-state index is 12.3. The van der Waals surface area contributed by atoms with Crippen LogP contribution in [0.15, 0.2) is 29.1 Å². The second-order valence-corrected chi connectivity index (χ2v) is 5.20. The third-order valence-electron chi connectivity index (χ3n) is 3.34. The second-order valence-electron chi connectivity index (χ2n) is 5.20. The SMILES string of the molecule is COCCOc1ccccc1-n1c(C[C@H](C)O)c(C)[nH]c1=O. The number of nitrogens with zero attached hydrogens (tertiary/aromatic N) is 1. The van der Waals surface area contributed by atoms with Gasteiger partial charge in [-0.25, -0.2) is 4.79 Å². The highest BCUT2D eigenvalue weighted by molar-refractivity contribution is 5.48. The first-order valence-electron chi connectivity index (χ1n) is 7.24. The number of aromatic amines is 1. The molecule has 1 heterocycles. The van der Waals surface area contributed by atoms with Crippen molar-refractivity contribution >= 4 is 0 Å². The van der Waals surface area contributed by atoms with Crippen molar-refractivity contribution in [3.8, 4) is 11.4 Å². The van der Waals surface area contributed by atoms with Gasteiger partial charge in [-0.1, -0.05) is 12.1 Å². The molecule has 1 atom stereocenters. The van der Waals surface area contributed by atoms with Crippen LogP contribution in [0.25, 0.3) is 5.69 Å². The molecule has 0 radical (unpaired) electrons. The number of nitrogens with one attached hydrogen (secondary N) is 1. The van der Waals surface area contributed by atoms with Gasteiger partial charge in [-0.2, -0.15) is 0 Å². The topological polar surface area (TPSA) is 76.5 Å². The van der Waals surface area contributed by atoms with Gasteiger partial charge in [0, 0.05) is 24.9 Å². The minimum Gasteiger partial charge on any atom is -0.489 e. The van der Waals surface area contributed by atoms with Crippen LogP contribution in [-0.4, -0.2) is 41.1 Å². The number of hydrogen-bond donors (Lipinski definition) is 2. The molecule has 1 aromatic heterocycles. The molecule has 22 heavy (non-hydrogen) atoms. The number of benzene rings is 1. The summed E-state index contributed by atoms with van der Waals surface area (Å²) in [4.78, 5) is 15.1. The number of para-hydroxylation sites is 2. The lowest BCUT2D eigenvalue weighted by molar-refractivity contribution is 0.146. The predicted octanol–water partition coefficient (Wildman–Crippen LogP) is 1.42. The monoisotopic (exact) mass is 306 g/mol. The average Bonchev–Trinajstić information content (AvgIpc) is 2.74. The molecule has 0 unspecified atom stereocenters. The van der Waals surface area contributed by atoms with E-state index < -0.39 is 6.10 Å². The molecule has 2 rings (SSSR count). The van der Waals surface area contributed by atoms with Crippen LogP contribution in [-0.2, 0) is 11.2 Å². The summed E-state index contributed by atoms with van der Waals surface area (Å²) in [5.74, 6) is 0.604. The van der Waals surface area contributed by atoms with E-state index in [1.165, 1.54) is 0 Å². The van der Waals surface area contributed by atoms with E-state index in [9.17, 15) is 9.90 Å². The first kappa shape index (κ1) is 16.3. The van der Waals surface area contributed by atoms with Crippen molar-refractivity contribution in [1.29, 1.82) is 0 Å². The van der Waals surface area contributed by atoms with Crippen molar-refractivity contribution in [3.63, 3.8) is 0 Å². The van der Waals surface area contributed by atoms with E-state index >= 15 is 0 Å². The van der Waals surface area contributed by atoms with Gasteiger partial charge >= 0.3 is 5.69 Å². The van der Waals surface area contributed by atoms with Gasteiger partial charge in [-0.3, -0.25) is 4.57 Å². The second kappa shape index (κ2) is 7.29. The molecule has 1 aromatic carbocycles. The quantitative estimate of drug-likeness (QED) is 0.759. The average molecular weight is 306 g/mol. The van der Waals surface area contributed by atoms with E-state index in [4.69, 9.17) is 9.47 Å². The Labute approximate surface area is 129 Å².